The van der Waals surface area contributed by atoms with Crippen LogP contribution in [0.25, 0.3) is 9.75 Å². The van der Waals surface area contributed by atoms with E-state index in [1.165, 1.54) is 14.8 Å². The number of rotatable bonds is 2. The Kier molecular flexibility index (Phi) is 2.15. The minimum Gasteiger partial charge on any atom is -0.380 e. The third-order valence-electron chi connectivity index (χ3n) is 1.62. The van der Waals surface area contributed by atoms with Crippen molar-refractivity contribution in [1.82, 2.24) is 0 Å². The van der Waals surface area contributed by atoms with Crippen molar-refractivity contribution in [2.75, 3.05) is 12.4 Å². The minimum atomic E-state index is 1.22. The molecule has 0 saturated carbocycles. The normalized spacial score (nSPS) is 10.1. The molecule has 0 bridgehead atoms. The summed E-state index contributed by atoms with van der Waals surface area (Å²) in [7, 11) is 1.95. The Morgan fingerprint density at radius 1 is 1.17 bits per heavy atom. The molecule has 0 saturated heterocycles. The van der Waals surface area contributed by atoms with E-state index in [-0.39, 0.29) is 0 Å². The summed E-state index contributed by atoms with van der Waals surface area (Å²) in [5.74, 6) is 0. The van der Waals surface area contributed by atoms with Crippen LogP contribution >= 0.6 is 22.7 Å². The largest absolute Gasteiger partial charge is 0.380 e. The number of thiophene rings is 2. The van der Waals surface area contributed by atoms with Gasteiger partial charge >= 0.3 is 0 Å². The molecule has 0 atom stereocenters. The molecule has 0 unspecified atom stereocenters. The van der Waals surface area contributed by atoms with E-state index in [1.807, 2.05) is 7.05 Å². The summed E-state index contributed by atoms with van der Waals surface area (Å²) in [6, 6.07) is 8.50. The van der Waals surface area contributed by atoms with Crippen molar-refractivity contribution >= 4 is 27.7 Å². The van der Waals surface area contributed by atoms with Gasteiger partial charge in [-0.2, -0.15) is 0 Å². The maximum Gasteiger partial charge on any atom is 0.0886 e. The second-order valence-electron chi connectivity index (χ2n) is 2.39. The third-order valence-corrected chi connectivity index (χ3v) is 3.78. The van der Waals surface area contributed by atoms with Crippen molar-refractivity contribution in [3.8, 4) is 9.75 Å². The van der Waals surface area contributed by atoms with E-state index < -0.39 is 0 Å². The van der Waals surface area contributed by atoms with Gasteiger partial charge in [0.2, 0.25) is 0 Å². The lowest BCUT2D eigenvalue weighted by Gasteiger charge is -1.90. The number of nitrogens with one attached hydrogen (secondary N) is 1. The topological polar surface area (TPSA) is 12.0 Å². The summed E-state index contributed by atoms with van der Waals surface area (Å²) in [6.45, 7) is 0. The van der Waals surface area contributed by atoms with Gasteiger partial charge in [-0.05, 0) is 23.6 Å². The van der Waals surface area contributed by atoms with Gasteiger partial charge in [0.05, 0.1) is 5.00 Å². The summed E-state index contributed by atoms with van der Waals surface area (Å²) >= 11 is 3.57. The maximum absolute atomic E-state index is 3.13. The van der Waals surface area contributed by atoms with E-state index in [0.29, 0.717) is 0 Å². The van der Waals surface area contributed by atoms with E-state index in [2.05, 4.69) is 35.0 Å². The maximum atomic E-state index is 3.13. The monoisotopic (exact) mass is 195 g/mol. The van der Waals surface area contributed by atoms with Crippen LogP contribution in [0.5, 0.6) is 0 Å². The standard InChI is InChI=1S/C9H9NS2/c1-10-9-5-4-8(12-9)7-3-2-6-11-7/h2-6,10H,1H3. The van der Waals surface area contributed by atoms with Gasteiger partial charge in [-0.3, -0.25) is 0 Å². The zero-order valence-electron chi connectivity index (χ0n) is 6.70. The lowest BCUT2D eigenvalue weighted by atomic mass is 10.4. The molecule has 62 valence electrons. The molecule has 0 aliphatic rings. The quantitative estimate of drug-likeness (QED) is 0.773. The van der Waals surface area contributed by atoms with Crippen LogP contribution in [0.2, 0.25) is 0 Å². The van der Waals surface area contributed by atoms with Crippen molar-refractivity contribution in [2.45, 2.75) is 0 Å². The van der Waals surface area contributed by atoms with Gasteiger partial charge in [0, 0.05) is 16.8 Å². The molecule has 1 N–H and O–H groups in total. The van der Waals surface area contributed by atoms with Crippen LogP contribution in [0.3, 0.4) is 0 Å². The lowest BCUT2D eigenvalue weighted by Crippen LogP contribution is -1.79. The van der Waals surface area contributed by atoms with Gasteiger partial charge < -0.3 is 5.32 Å². The summed E-state index contributed by atoms with van der Waals surface area (Å²) in [6.07, 6.45) is 0. The van der Waals surface area contributed by atoms with Crippen LogP contribution < -0.4 is 5.32 Å². The summed E-state index contributed by atoms with van der Waals surface area (Å²) in [4.78, 5) is 2.69. The van der Waals surface area contributed by atoms with Gasteiger partial charge in [0.25, 0.3) is 0 Å². The Balaban J connectivity index is 2.35. The molecule has 2 rings (SSSR count). The first-order valence-electron chi connectivity index (χ1n) is 3.71. The van der Waals surface area contributed by atoms with Crippen molar-refractivity contribution in [3.05, 3.63) is 29.6 Å². The molecule has 0 aliphatic heterocycles. The Morgan fingerprint density at radius 3 is 2.67 bits per heavy atom. The number of anilines is 1. The molecule has 0 amide bonds. The molecule has 2 heterocycles. The molecule has 3 heteroatoms. The van der Waals surface area contributed by atoms with Crippen LogP contribution in [0, 0.1) is 0 Å². The van der Waals surface area contributed by atoms with E-state index >= 15 is 0 Å². The molecule has 0 spiro atoms. The first-order chi connectivity index (χ1) is 5.90. The number of hydrogen-bond acceptors (Lipinski definition) is 3. The Hall–Kier alpha value is -0.800. The van der Waals surface area contributed by atoms with Crippen molar-refractivity contribution in [1.29, 1.82) is 0 Å². The first-order valence-corrected chi connectivity index (χ1v) is 5.41. The zero-order chi connectivity index (χ0) is 8.39. The Morgan fingerprint density at radius 2 is 2.08 bits per heavy atom. The molecule has 1 nitrogen and oxygen atoms in total. The highest BCUT2D eigenvalue weighted by Crippen LogP contribution is 2.33. The molecule has 12 heavy (non-hydrogen) atoms. The second-order valence-corrected chi connectivity index (χ2v) is 4.42. The molecule has 0 radical (unpaired) electrons. The highest BCUT2D eigenvalue weighted by molar-refractivity contribution is 7.23. The SMILES string of the molecule is CNc1ccc(-c2cccs2)s1. The minimum absolute atomic E-state index is 1.22. The zero-order valence-corrected chi connectivity index (χ0v) is 8.34. The van der Waals surface area contributed by atoms with Gasteiger partial charge in [0.15, 0.2) is 0 Å². The smallest absolute Gasteiger partial charge is 0.0886 e. The van der Waals surface area contributed by atoms with Gasteiger partial charge in [-0.15, -0.1) is 22.7 Å². The number of hydrogen-bond donors (Lipinski definition) is 1. The highest BCUT2D eigenvalue weighted by Gasteiger charge is 2.01. The van der Waals surface area contributed by atoms with E-state index in [0.717, 1.165) is 0 Å². The predicted molar refractivity (Wildman–Crippen MR) is 57.2 cm³/mol. The van der Waals surface area contributed by atoms with Gasteiger partial charge in [-0.1, -0.05) is 6.07 Å². The Bertz CT molecular complexity index is 348. The average molecular weight is 195 g/mol. The van der Waals surface area contributed by atoms with Crippen LogP contribution in [-0.4, -0.2) is 7.05 Å². The lowest BCUT2D eigenvalue weighted by molar-refractivity contribution is 1.60. The van der Waals surface area contributed by atoms with E-state index in [1.54, 1.807) is 22.7 Å². The van der Waals surface area contributed by atoms with E-state index in [9.17, 15) is 0 Å². The summed E-state index contributed by atoms with van der Waals surface area (Å²) < 4.78 is 0. The van der Waals surface area contributed by atoms with Crippen molar-refractivity contribution in [3.63, 3.8) is 0 Å². The van der Waals surface area contributed by atoms with Crippen LogP contribution in [0.4, 0.5) is 5.00 Å². The second kappa shape index (κ2) is 3.29. The predicted octanol–water partition coefficient (Wildman–Crippen LogP) is 3.52. The fourth-order valence-corrected chi connectivity index (χ4v) is 2.72. The fourth-order valence-electron chi connectivity index (χ4n) is 1.02. The molecule has 2 aromatic heterocycles. The fraction of sp³-hybridized carbons (Fsp3) is 0.111. The Labute approximate surface area is 79.7 Å². The third kappa shape index (κ3) is 1.38. The average Bonchev–Trinajstić information content (AvgIpc) is 2.75. The molecular formula is C9H9NS2. The van der Waals surface area contributed by atoms with Crippen LogP contribution in [-0.2, 0) is 0 Å². The van der Waals surface area contributed by atoms with Crippen molar-refractivity contribution < 1.29 is 0 Å². The van der Waals surface area contributed by atoms with Crippen molar-refractivity contribution in [2.24, 2.45) is 0 Å². The molecule has 0 fully saturated rings. The molecule has 2 aromatic rings. The van der Waals surface area contributed by atoms with Crippen LogP contribution in [0.1, 0.15) is 0 Å². The molecular weight excluding hydrogens is 186 g/mol. The molecule has 0 aliphatic carbocycles. The van der Waals surface area contributed by atoms with E-state index in [4.69, 9.17) is 0 Å². The summed E-state index contributed by atoms with van der Waals surface area (Å²) in [5.41, 5.74) is 0. The van der Waals surface area contributed by atoms with Gasteiger partial charge in [0.1, 0.15) is 0 Å². The van der Waals surface area contributed by atoms with Gasteiger partial charge in [-0.25, -0.2) is 0 Å². The first kappa shape index (κ1) is 7.83. The highest BCUT2D eigenvalue weighted by atomic mass is 32.1. The summed E-state index contributed by atoms with van der Waals surface area (Å²) in [5, 5.41) is 6.46. The molecule has 0 aromatic carbocycles. The van der Waals surface area contributed by atoms with Crippen LogP contribution in [0.15, 0.2) is 29.6 Å².